The summed E-state index contributed by atoms with van der Waals surface area (Å²) in [6.07, 6.45) is 1.06. The SMILES string of the molecule is CC/C(C)=C(C)/C(C(/C)=C(/C)S)=C(/C)N. The molecule has 0 atom stereocenters. The highest BCUT2D eigenvalue weighted by atomic mass is 32.1. The number of rotatable bonds is 3. The van der Waals surface area contributed by atoms with Gasteiger partial charge in [-0.3, -0.25) is 0 Å². The van der Waals surface area contributed by atoms with Crippen LogP contribution in [0.3, 0.4) is 0 Å². The van der Waals surface area contributed by atoms with Crippen molar-refractivity contribution < 1.29 is 0 Å². The molecule has 0 unspecified atom stereocenters. The summed E-state index contributed by atoms with van der Waals surface area (Å²) in [6, 6.07) is 0. The van der Waals surface area contributed by atoms with E-state index in [0.29, 0.717) is 0 Å². The largest absolute Gasteiger partial charge is 0.402 e. The average molecular weight is 225 g/mol. The van der Waals surface area contributed by atoms with E-state index in [4.69, 9.17) is 5.73 Å². The predicted molar refractivity (Wildman–Crippen MR) is 72.9 cm³/mol. The zero-order chi connectivity index (χ0) is 12.2. The fourth-order valence-corrected chi connectivity index (χ4v) is 1.64. The molecule has 0 aromatic rings. The third-order valence-electron chi connectivity index (χ3n) is 2.86. The minimum absolute atomic E-state index is 0.867. The van der Waals surface area contributed by atoms with Crippen LogP contribution in [0.5, 0.6) is 0 Å². The standard InChI is InChI=1S/C13H23NS/c1-7-8(2)9(3)13(11(5)14)10(4)12(6)15/h15H,7,14H2,1-6H3/b9-8+,12-10-,13-11+. The lowest BCUT2D eigenvalue weighted by atomic mass is 9.93. The van der Waals surface area contributed by atoms with Gasteiger partial charge in [0.25, 0.3) is 0 Å². The van der Waals surface area contributed by atoms with Gasteiger partial charge in [-0.2, -0.15) is 0 Å². The van der Waals surface area contributed by atoms with E-state index in [2.05, 4.69) is 40.3 Å². The van der Waals surface area contributed by atoms with E-state index < -0.39 is 0 Å². The molecule has 0 saturated carbocycles. The number of hydrogen-bond donors (Lipinski definition) is 2. The van der Waals surface area contributed by atoms with E-state index >= 15 is 0 Å². The van der Waals surface area contributed by atoms with Crippen LogP contribution in [0.25, 0.3) is 0 Å². The van der Waals surface area contributed by atoms with E-state index in [0.717, 1.165) is 22.6 Å². The van der Waals surface area contributed by atoms with E-state index in [1.807, 2.05) is 13.8 Å². The highest BCUT2D eigenvalue weighted by Gasteiger charge is 2.09. The van der Waals surface area contributed by atoms with Gasteiger partial charge in [-0.15, -0.1) is 12.6 Å². The number of thiol groups is 1. The molecule has 0 rings (SSSR count). The van der Waals surface area contributed by atoms with Crippen molar-refractivity contribution >= 4 is 12.6 Å². The number of allylic oxidation sites excluding steroid dienone is 6. The lowest BCUT2D eigenvalue weighted by molar-refractivity contribution is 1.04. The van der Waals surface area contributed by atoms with Gasteiger partial charge in [0.05, 0.1) is 0 Å². The van der Waals surface area contributed by atoms with Gasteiger partial charge in [0.2, 0.25) is 0 Å². The third-order valence-corrected chi connectivity index (χ3v) is 3.19. The maximum atomic E-state index is 5.95. The molecular weight excluding hydrogens is 202 g/mol. The molecule has 0 saturated heterocycles. The summed E-state index contributed by atoms with van der Waals surface area (Å²) in [7, 11) is 0. The first-order valence-electron chi connectivity index (χ1n) is 5.32. The van der Waals surface area contributed by atoms with Gasteiger partial charge < -0.3 is 5.73 Å². The molecule has 0 aliphatic heterocycles. The smallest absolute Gasteiger partial charge is 0.0128 e. The van der Waals surface area contributed by atoms with Gasteiger partial charge in [0.1, 0.15) is 0 Å². The summed E-state index contributed by atoms with van der Waals surface area (Å²) in [6.45, 7) is 12.5. The fraction of sp³-hybridized carbons (Fsp3) is 0.538. The Hall–Kier alpha value is -0.630. The Labute approximate surface area is 99.5 Å². The maximum absolute atomic E-state index is 5.95. The molecule has 0 amide bonds. The summed E-state index contributed by atoms with van der Waals surface area (Å²) in [5, 5.41) is 0. The van der Waals surface area contributed by atoms with Gasteiger partial charge in [-0.05, 0) is 62.7 Å². The average Bonchev–Trinajstić information content (AvgIpc) is 2.15. The van der Waals surface area contributed by atoms with Crippen molar-refractivity contribution in [2.75, 3.05) is 0 Å². The molecule has 0 fully saturated rings. The Bertz CT molecular complexity index is 324. The highest BCUT2D eigenvalue weighted by Crippen LogP contribution is 2.27. The monoisotopic (exact) mass is 225 g/mol. The molecular formula is C13H23NS. The Balaban J connectivity index is 5.62. The Kier molecular flexibility index (Phi) is 5.81. The minimum Gasteiger partial charge on any atom is -0.402 e. The van der Waals surface area contributed by atoms with Crippen LogP contribution >= 0.6 is 12.6 Å². The van der Waals surface area contributed by atoms with Gasteiger partial charge >= 0.3 is 0 Å². The lowest BCUT2D eigenvalue weighted by Gasteiger charge is -2.15. The van der Waals surface area contributed by atoms with Crippen molar-refractivity contribution in [2.45, 2.75) is 48.0 Å². The maximum Gasteiger partial charge on any atom is 0.0128 e. The van der Waals surface area contributed by atoms with Crippen molar-refractivity contribution in [3.05, 3.63) is 32.9 Å². The molecule has 0 aromatic carbocycles. The second-order valence-electron chi connectivity index (χ2n) is 4.03. The van der Waals surface area contributed by atoms with Crippen molar-refractivity contribution in [3.8, 4) is 0 Å². The van der Waals surface area contributed by atoms with E-state index in [9.17, 15) is 0 Å². The molecule has 0 aliphatic carbocycles. The molecule has 2 heteroatoms. The molecule has 2 N–H and O–H groups in total. The van der Waals surface area contributed by atoms with Gasteiger partial charge in [0.15, 0.2) is 0 Å². The van der Waals surface area contributed by atoms with Crippen LogP contribution < -0.4 is 5.73 Å². The molecule has 0 bridgehead atoms. The highest BCUT2D eigenvalue weighted by molar-refractivity contribution is 7.84. The van der Waals surface area contributed by atoms with Crippen molar-refractivity contribution in [3.63, 3.8) is 0 Å². The summed E-state index contributed by atoms with van der Waals surface area (Å²) >= 11 is 4.39. The van der Waals surface area contributed by atoms with Gasteiger partial charge in [-0.1, -0.05) is 12.5 Å². The molecule has 15 heavy (non-hydrogen) atoms. The molecule has 1 nitrogen and oxygen atoms in total. The molecule has 0 heterocycles. The van der Waals surface area contributed by atoms with Crippen molar-refractivity contribution in [1.82, 2.24) is 0 Å². The first-order valence-corrected chi connectivity index (χ1v) is 5.77. The van der Waals surface area contributed by atoms with Gasteiger partial charge in [0, 0.05) is 5.70 Å². The Morgan fingerprint density at radius 2 is 1.47 bits per heavy atom. The van der Waals surface area contributed by atoms with Crippen molar-refractivity contribution in [2.24, 2.45) is 5.73 Å². The van der Waals surface area contributed by atoms with Crippen LogP contribution in [-0.2, 0) is 0 Å². The predicted octanol–water partition coefficient (Wildman–Crippen LogP) is 4.19. The molecule has 0 aliphatic rings. The second kappa shape index (κ2) is 6.06. The quantitative estimate of drug-likeness (QED) is 0.546. The van der Waals surface area contributed by atoms with Gasteiger partial charge in [-0.25, -0.2) is 0 Å². The van der Waals surface area contributed by atoms with E-state index in [-0.39, 0.29) is 0 Å². The van der Waals surface area contributed by atoms with Crippen LogP contribution in [-0.4, -0.2) is 0 Å². The summed E-state index contributed by atoms with van der Waals surface area (Å²) in [4.78, 5) is 1.03. The second-order valence-corrected chi connectivity index (χ2v) is 4.70. The molecule has 0 spiro atoms. The van der Waals surface area contributed by atoms with E-state index in [1.165, 1.54) is 16.7 Å². The third kappa shape index (κ3) is 3.78. The topological polar surface area (TPSA) is 26.0 Å². The Morgan fingerprint density at radius 3 is 1.73 bits per heavy atom. The Morgan fingerprint density at radius 1 is 1.00 bits per heavy atom. The van der Waals surface area contributed by atoms with Crippen molar-refractivity contribution in [1.29, 1.82) is 0 Å². The molecule has 86 valence electrons. The zero-order valence-corrected chi connectivity index (χ0v) is 11.6. The van der Waals surface area contributed by atoms with Crippen LogP contribution in [0.2, 0.25) is 0 Å². The summed E-state index contributed by atoms with van der Waals surface area (Å²) < 4.78 is 0. The van der Waals surface area contributed by atoms with Crippen LogP contribution in [0.1, 0.15) is 48.0 Å². The van der Waals surface area contributed by atoms with E-state index in [1.54, 1.807) is 0 Å². The van der Waals surface area contributed by atoms with Crippen LogP contribution in [0, 0.1) is 0 Å². The lowest BCUT2D eigenvalue weighted by Crippen LogP contribution is -2.03. The van der Waals surface area contributed by atoms with Crippen LogP contribution in [0.15, 0.2) is 32.9 Å². The summed E-state index contributed by atoms with van der Waals surface area (Å²) in [5.41, 5.74) is 11.8. The number of hydrogen-bond acceptors (Lipinski definition) is 2. The first kappa shape index (κ1) is 14.4. The normalized spacial score (nSPS) is 16.7. The number of nitrogens with two attached hydrogens (primary N) is 1. The minimum atomic E-state index is 0.867. The van der Waals surface area contributed by atoms with Crippen LogP contribution in [0.4, 0.5) is 0 Å². The zero-order valence-electron chi connectivity index (χ0n) is 10.7. The molecule has 0 radical (unpaired) electrons. The molecule has 0 aromatic heterocycles. The fourth-order valence-electron chi connectivity index (χ4n) is 1.53. The summed E-state index contributed by atoms with van der Waals surface area (Å²) in [5.74, 6) is 0. The first-order chi connectivity index (χ1) is 6.82.